The predicted octanol–water partition coefficient (Wildman–Crippen LogP) is 2.85. The van der Waals surface area contributed by atoms with Crippen molar-refractivity contribution in [2.45, 2.75) is 45.8 Å². The monoisotopic (exact) mass is 362 g/mol. The molecule has 0 aliphatic carbocycles. The number of carbonyl (C=O) groups is 2. The first-order valence-electron chi connectivity index (χ1n) is 9.30. The Kier molecular flexibility index (Phi) is 7.91. The summed E-state index contributed by atoms with van der Waals surface area (Å²) in [5.74, 6) is 0.843. The smallest absolute Gasteiger partial charge is 0.242 e. The highest BCUT2D eigenvalue weighted by molar-refractivity contribution is 5.85. The number of amides is 2. The third kappa shape index (κ3) is 6.33. The van der Waals surface area contributed by atoms with Gasteiger partial charge in [-0.05, 0) is 30.9 Å². The van der Waals surface area contributed by atoms with Crippen LogP contribution in [-0.4, -0.2) is 54.0 Å². The lowest BCUT2D eigenvalue weighted by Gasteiger charge is -2.28. The van der Waals surface area contributed by atoms with Crippen molar-refractivity contribution in [3.05, 3.63) is 36.8 Å². The van der Waals surface area contributed by atoms with E-state index < -0.39 is 0 Å². The standard InChI is InChI=1S/C20H30N2O4/c1-4-9-21(19(23)12-16(2)3)15-20(24)22(13-17-7-5-10-25-17)14-18-8-6-11-26-18/h4-5,7,10,16,18H,1,6,8-9,11-15H2,2-3H3. The Morgan fingerprint density at radius 1 is 1.35 bits per heavy atom. The van der Waals surface area contributed by atoms with Crippen LogP contribution in [0.25, 0.3) is 0 Å². The highest BCUT2D eigenvalue weighted by atomic mass is 16.5. The summed E-state index contributed by atoms with van der Waals surface area (Å²) in [6, 6.07) is 3.65. The zero-order valence-electron chi connectivity index (χ0n) is 15.9. The van der Waals surface area contributed by atoms with Gasteiger partial charge in [-0.2, -0.15) is 0 Å². The zero-order chi connectivity index (χ0) is 18.9. The normalized spacial score (nSPS) is 16.7. The Balaban J connectivity index is 2.04. The van der Waals surface area contributed by atoms with E-state index >= 15 is 0 Å². The molecule has 1 unspecified atom stereocenters. The summed E-state index contributed by atoms with van der Waals surface area (Å²) in [4.78, 5) is 28.7. The SMILES string of the molecule is C=CCN(CC(=O)N(Cc1ccco1)CC1CCCO1)C(=O)CC(C)C. The lowest BCUT2D eigenvalue weighted by molar-refractivity contribution is -0.141. The number of hydrogen-bond donors (Lipinski definition) is 0. The lowest BCUT2D eigenvalue weighted by atomic mass is 10.1. The second-order valence-corrected chi connectivity index (χ2v) is 7.15. The van der Waals surface area contributed by atoms with E-state index in [9.17, 15) is 9.59 Å². The highest BCUT2D eigenvalue weighted by Gasteiger charge is 2.26. The van der Waals surface area contributed by atoms with Crippen molar-refractivity contribution in [3.8, 4) is 0 Å². The van der Waals surface area contributed by atoms with Gasteiger partial charge in [-0.15, -0.1) is 6.58 Å². The summed E-state index contributed by atoms with van der Waals surface area (Å²) in [6.07, 6.45) is 5.69. The van der Waals surface area contributed by atoms with Gasteiger partial charge in [-0.1, -0.05) is 19.9 Å². The maximum atomic E-state index is 12.9. The predicted molar refractivity (Wildman–Crippen MR) is 99.3 cm³/mol. The zero-order valence-corrected chi connectivity index (χ0v) is 15.9. The molecular weight excluding hydrogens is 332 g/mol. The van der Waals surface area contributed by atoms with Gasteiger partial charge < -0.3 is 19.0 Å². The molecule has 1 saturated heterocycles. The van der Waals surface area contributed by atoms with Crippen molar-refractivity contribution >= 4 is 11.8 Å². The molecule has 0 saturated carbocycles. The minimum absolute atomic E-state index is 0.0247. The Morgan fingerprint density at radius 2 is 2.15 bits per heavy atom. The average Bonchev–Trinajstić information content (AvgIpc) is 3.27. The first kappa shape index (κ1) is 20.2. The van der Waals surface area contributed by atoms with Gasteiger partial charge in [-0.25, -0.2) is 0 Å². The molecule has 2 amide bonds. The second kappa shape index (κ2) is 10.2. The molecule has 6 nitrogen and oxygen atoms in total. The molecule has 2 heterocycles. The van der Waals surface area contributed by atoms with Crippen LogP contribution in [0.2, 0.25) is 0 Å². The number of nitrogens with zero attached hydrogens (tertiary/aromatic N) is 2. The summed E-state index contributed by atoms with van der Waals surface area (Å²) in [6.45, 7) is 9.74. The minimum atomic E-state index is -0.101. The fraction of sp³-hybridized carbons (Fsp3) is 0.600. The Morgan fingerprint density at radius 3 is 2.73 bits per heavy atom. The fourth-order valence-corrected chi connectivity index (χ4v) is 3.03. The molecule has 1 aromatic rings. The van der Waals surface area contributed by atoms with Crippen LogP contribution in [0.5, 0.6) is 0 Å². The van der Waals surface area contributed by atoms with Gasteiger partial charge in [0, 0.05) is 26.1 Å². The number of ether oxygens (including phenoxy) is 1. The van der Waals surface area contributed by atoms with Crippen LogP contribution in [0, 0.1) is 5.92 Å². The van der Waals surface area contributed by atoms with Gasteiger partial charge in [0.1, 0.15) is 12.3 Å². The molecule has 2 rings (SSSR count). The summed E-state index contributed by atoms with van der Waals surface area (Å²) in [7, 11) is 0. The summed E-state index contributed by atoms with van der Waals surface area (Å²) >= 11 is 0. The van der Waals surface area contributed by atoms with Crippen molar-refractivity contribution in [3.63, 3.8) is 0 Å². The molecular formula is C20H30N2O4. The summed E-state index contributed by atoms with van der Waals surface area (Å²) < 4.78 is 11.1. The van der Waals surface area contributed by atoms with E-state index in [1.165, 1.54) is 0 Å². The van der Waals surface area contributed by atoms with E-state index in [0.717, 1.165) is 25.2 Å². The molecule has 0 radical (unpaired) electrons. The number of carbonyl (C=O) groups excluding carboxylic acids is 2. The molecule has 144 valence electrons. The average molecular weight is 362 g/mol. The largest absolute Gasteiger partial charge is 0.467 e. The van der Waals surface area contributed by atoms with E-state index in [-0.39, 0.29) is 30.4 Å². The van der Waals surface area contributed by atoms with Gasteiger partial charge in [-0.3, -0.25) is 9.59 Å². The quantitative estimate of drug-likeness (QED) is 0.601. The first-order chi connectivity index (χ1) is 12.5. The Hall–Kier alpha value is -2.08. The van der Waals surface area contributed by atoms with Crippen LogP contribution in [0.4, 0.5) is 0 Å². The first-order valence-corrected chi connectivity index (χ1v) is 9.30. The minimum Gasteiger partial charge on any atom is -0.467 e. The van der Waals surface area contributed by atoms with E-state index in [1.807, 2.05) is 19.9 Å². The molecule has 1 aliphatic heterocycles. The van der Waals surface area contributed by atoms with Crippen molar-refractivity contribution in [1.82, 2.24) is 9.80 Å². The number of hydrogen-bond acceptors (Lipinski definition) is 4. The number of rotatable bonds is 10. The molecule has 1 aromatic heterocycles. The van der Waals surface area contributed by atoms with Crippen LogP contribution >= 0.6 is 0 Å². The topological polar surface area (TPSA) is 63.0 Å². The van der Waals surface area contributed by atoms with Crippen molar-refractivity contribution in [2.24, 2.45) is 5.92 Å². The van der Waals surface area contributed by atoms with Crippen LogP contribution in [0.1, 0.15) is 38.9 Å². The molecule has 0 bridgehead atoms. The van der Waals surface area contributed by atoms with Crippen LogP contribution in [-0.2, 0) is 20.9 Å². The second-order valence-electron chi connectivity index (χ2n) is 7.15. The van der Waals surface area contributed by atoms with Crippen LogP contribution in [0.3, 0.4) is 0 Å². The van der Waals surface area contributed by atoms with Crippen LogP contribution < -0.4 is 0 Å². The van der Waals surface area contributed by atoms with E-state index in [4.69, 9.17) is 9.15 Å². The maximum Gasteiger partial charge on any atom is 0.242 e. The maximum absolute atomic E-state index is 12.9. The molecule has 1 aliphatic rings. The van der Waals surface area contributed by atoms with Crippen molar-refractivity contribution in [1.29, 1.82) is 0 Å². The molecule has 26 heavy (non-hydrogen) atoms. The van der Waals surface area contributed by atoms with Crippen molar-refractivity contribution < 1.29 is 18.7 Å². The fourth-order valence-electron chi connectivity index (χ4n) is 3.03. The van der Waals surface area contributed by atoms with Gasteiger partial charge >= 0.3 is 0 Å². The molecule has 0 spiro atoms. The molecule has 0 N–H and O–H groups in total. The van der Waals surface area contributed by atoms with Gasteiger partial charge in [0.15, 0.2) is 0 Å². The van der Waals surface area contributed by atoms with E-state index in [0.29, 0.717) is 26.1 Å². The third-order valence-corrected chi connectivity index (χ3v) is 4.34. The van der Waals surface area contributed by atoms with Gasteiger partial charge in [0.25, 0.3) is 0 Å². The molecule has 6 heteroatoms. The lowest BCUT2D eigenvalue weighted by Crippen LogP contribution is -2.45. The summed E-state index contributed by atoms with van der Waals surface area (Å²) in [5, 5.41) is 0. The van der Waals surface area contributed by atoms with Gasteiger partial charge in [0.2, 0.25) is 11.8 Å². The van der Waals surface area contributed by atoms with Gasteiger partial charge in [0.05, 0.1) is 18.9 Å². The van der Waals surface area contributed by atoms with Crippen LogP contribution in [0.15, 0.2) is 35.5 Å². The molecule has 1 fully saturated rings. The van der Waals surface area contributed by atoms with Crippen molar-refractivity contribution in [2.75, 3.05) is 26.2 Å². The molecule has 0 aromatic carbocycles. The number of furan rings is 1. The summed E-state index contributed by atoms with van der Waals surface area (Å²) in [5.41, 5.74) is 0. The third-order valence-electron chi connectivity index (χ3n) is 4.34. The molecule has 1 atom stereocenters. The Bertz CT molecular complexity index is 577. The van der Waals surface area contributed by atoms with E-state index in [1.54, 1.807) is 28.2 Å². The Labute approximate surface area is 155 Å². The highest BCUT2D eigenvalue weighted by Crippen LogP contribution is 2.16. The van der Waals surface area contributed by atoms with E-state index in [2.05, 4.69) is 6.58 Å².